The summed E-state index contributed by atoms with van der Waals surface area (Å²) < 4.78 is 134. The first-order chi connectivity index (χ1) is 14.3. The van der Waals surface area contributed by atoms with Gasteiger partial charge in [0.05, 0.1) is 0 Å². The molecule has 0 saturated heterocycles. The normalized spacial score (nSPS) is 15.9. The van der Waals surface area contributed by atoms with Gasteiger partial charge in [-0.3, -0.25) is 4.55 Å². The maximum atomic E-state index is 12.2. The first-order valence-corrected chi connectivity index (χ1v) is 11.0. The van der Waals surface area contributed by atoms with Gasteiger partial charge in [-0.05, 0) is 25.1 Å². The van der Waals surface area contributed by atoms with E-state index in [1.54, 1.807) is 5.57 Å². The standard InChI is InChI=1S/C14H25N.C4HF9O3S/c1-3-4-5-6-7-8-10-14-11-9-12-15(2)13-14;5-1(6,3(9,10)11)2(7,8)4(12,13)17(14,15)16/h9,11-12H,3-8,10,13H2,1-2H3;(H,14,15,16). The number of alkyl halides is 9. The molecular weight excluding hydrogens is 481 g/mol. The third kappa shape index (κ3) is 7.85. The van der Waals surface area contributed by atoms with Crippen molar-refractivity contribution in [1.82, 2.24) is 4.90 Å². The second-order valence-electron chi connectivity index (χ2n) is 7.24. The Morgan fingerprint density at radius 2 is 1.41 bits per heavy atom. The van der Waals surface area contributed by atoms with Crippen LogP contribution in [0.25, 0.3) is 0 Å². The van der Waals surface area contributed by atoms with Crippen LogP contribution in [0.3, 0.4) is 0 Å². The molecule has 0 aromatic carbocycles. The molecule has 4 nitrogen and oxygen atoms in total. The number of nitrogens with zero attached hydrogens (tertiary/aromatic N) is 1. The third-order valence-electron chi connectivity index (χ3n) is 4.42. The quantitative estimate of drug-likeness (QED) is 0.211. The van der Waals surface area contributed by atoms with Gasteiger partial charge in [-0.25, -0.2) is 0 Å². The van der Waals surface area contributed by atoms with Gasteiger partial charge in [0.15, 0.2) is 0 Å². The zero-order chi connectivity index (χ0) is 25.4. The highest BCUT2D eigenvalue weighted by atomic mass is 32.2. The zero-order valence-electron chi connectivity index (χ0n) is 17.4. The van der Waals surface area contributed by atoms with Crippen molar-refractivity contribution in [2.45, 2.75) is 75.1 Å². The van der Waals surface area contributed by atoms with Crippen LogP contribution in [-0.4, -0.2) is 54.7 Å². The number of rotatable bonds is 10. The third-order valence-corrected chi connectivity index (χ3v) is 5.32. The molecule has 0 amide bonds. The van der Waals surface area contributed by atoms with Crippen molar-refractivity contribution in [3.8, 4) is 0 Å². The van der Waals surface area contributed by atoms with E-state index in [4.69, 9.17) is 4.55 Å². The van der Waals surface area contributed by atoms with Gasteiger partial charge in [-0.2, -0.15) is 47.9 Å². The van der Waals surface area contributed by atoms with Gasteiger partial charge in [-0.15, -0.1) is 0 Å². The fraction of sp³-hybridized carbons (Fsp3) is 0.778. The molecule has 0 bridgehead atoms. The highest BCUT2D eigenvalue weighted by Gasteiger charge is 2.85. The van der Waals surface area contributed by atoms with Crippen molar-refractivity contribution >= 4 is 10.1 Å². The van der Waals surface area contributed by atoms with Crippen LogP contribution in [0, 0.1) is 0 Å². The maximum Gasteiger partial charge on any atom is 0.460 e. The molecular formula is C18H26F9NO3S. The van der Waals surface area contributed by atoms with Crippen molar-refractivity contribution < 1.29 is 52.5 Å². The van der Waals surface area contributed by atoms with E-state index in [0.717, 1.165) is 6.54 Å². The molecule has 1 heterocycles. The summed E-state index contributed by atoms with van der Waals surface area (Å²) in [7, 11) is -5.02. The summed E-state index contributed by atoms with van der Waals surface area (Å²) in [5.74, 6) is -14.7. The fourth-order valence-electron chi connectivity index (χ4n) is 2.57. The predicted molar refractivity (Wildman–Crippen MR) is 100 cm³/mol. The molecule has 0 fully saturated rings. The summed E-state index contributed by atoms with van der Waals surface area (Å²) in [6, 6.07) is 0. The van der Waals surface area contributed by atoms with Gasteiger partial charge in [0.2, 0.25) is 0 Å². The van der Waals surface area contributed by atoms with Crippen LogP contribution in [0.15, 0.2) is 23.9 Å². The summed E-state index contributed by atoms with van der Waals surface area (Å²) >= 11 is 0. The number of halogens is 9. The fourth-order valence-corrected chi connectivity index (χ4v) is 3.02. The first kappa shape index (κ1) is 30.6. The van der Waals surface area contributed by atoms with Crippen LogP contribution in [0.4, 0.5) is 39.5 Å². The van der Waals surface area contributed by atoms with Gasteiger partial charge >= 0.3 is 33.4 Å². The number of likely N-dealkylation sites (N-methyl/N-ethyl adjacent to an activating group) is 1. The topological polar surface area (TPSA) is 57.6 Å². The molecule has 1 rings (SSSR count). The van der Waals surface area contributed by atoms with Gasteiger partial charge in [0.1, 0.15) is 0 Å². The first-order valence-electron chi connectivity index (χ1n) is 9.56. The SMILES string of the molecule is CCCCCCCCC1=CC=CN(C)C1.O=S(=O)(O)C(F)(F)C(F)(F)C(F)(F)C(F)(F)F. The van der Waals surface area contributed by atoms with Gasteiger partial charge < -0.3 is 4.90 Å². The number of hydrogen-bond donors (Lipinski definition) is 1. The Labute approximate surface area is 180 Å². The van der Waals surface area contributed by atoms with Crippen LogP contribution >= 0.6 is 0 Å². The van der Waals surface area contributed by atoms with Crippen LogP contribution in [-0.2, 0) is 10.1 Å². The lowest BCUT2D eigenvalue weighted by Gasteiger charge is -2.31. The van der Waals surface area contributed by atoms with E-state index in [9.17, 15) is 47.9 Å². The van der Waals surface area contributed by atoms with Crippen LogP contribution in [0.5, 0.6) is 0 Å². The minimum atomic E-state index is -7.37. The van der Waals surface area contributed by atoms with Crippen molar-refractivity contribution in [2.24, 2.45) is 0 Å². The van der Waals surface area contributed by atoms with Crippen LogP contribution in [0.2, 0.25) is 0 Å². The Bertz CT molecular complexity index is 747. The second-order valence-corrected chi connectivity index (χ2v) is 8.70. The molecule has 190 valence electrons. The summed E-state index contributed by atoms with van der Waals surface area (Å²) in [6.45, 7) is 3.40. The van der Waals surface area contributed by atoms with E-state index < -0.39 is 33.4 Å². The summed E-state index contributed by atoms with van der Waals surface area (Å²) in [4.78, 5) is 2.26. The Morgan fingerprint density at radius 1 is 0.906 bits per heavy atom. The molecule has 0 atom stereocenters. The molecule has 0 unspecified atom stereocenters. The number of unbranched alkanes of at least 4 members (excludes halogenated alkanes) is 5. The Hall–Kier alpha value is -1.44. The van der Waals surface area contributed by atoms with Crippen molar-refractivity contribution in [1.29, 1.82) is 0 Å². The predicted octanol–water partition coefficient (Wildman–Crippen LogP) is 6.42. The molecule has 0 aliphatic carbocycles. The molecule has 0 radical (unpaired) electrons. The molecule has 0 spiro atoms. The van der Waals surface area contributed by atoms with Crippen molar-refractivity contribution in [2.75, 3.05) is 13.6 Å². The van der Waals surface area contributed by atoms with E-state index >= 15 is 0 Å². The monoisotopic (exact) mass is 507 g/mol. The minimum absolute atomic E-state index is 1.13. The van der Waals surface area contributed by atoms with Crippen molar-refractivity contribution in [3.05, 3.63) is 23.9 Å². The minimum Gasteiger partial charge on any atom is -0.376 e. The maximum absolute atomic E-state index is 12.2. The lowest BCUT2D eigenvalue weighted by Crippen LogP contribution is -2.63. The average Bonchev–Trinajstić information content (AvgIpc) is 2.63. The molecule has 1 aliphatic rings. The summed E-state index contributed by atoms with van der Waals surface area (Å²) in [5.41, 5.74) is 1.59. The number of allylic oxidation sites excluding steroid dienone is 2. The van der Waals surface area contributed by atoms with E-state index in [2.05, 4.69) is 37.2 Å². The summed E-state index contributed by atoms with van der Waals surface area (Å²) in [5, 5.41) is -7.00. The highest BCUT2D eigenvalue weighted by Crippen LogP contribution is 2.54. The van der Waals surface area contributed by atoms with E-state index in [0.29, 0.717) is 0 Å². The van der Waals surface area contributed by atoms with Crippen molar-refractivity contribution in [3.63, 3.8) is 0 Å². The Morgan fingerprint density at radius 3 is 1.84 bits per heavy atom. The smallest absolute Gasteiger partial charge is 0.376 e. The highest BCUT2D eigenvalue weighted by molar-refractivity contribution is 7.87. The lowest BCUT2D eigenvalue weighted by molar-refractivity contribution is -0.382. The molecule has 0 aromatic rings. The second kappa shape index (κ2) is 11.6. The average molecular weight is 507 g/mol. The van der Waals surface area contributed by atoms with E-state index in [1.807, 2.05) is 0 Å². The molecule has 1 N–H and O–H groups in total. The van der Waals surface area contributed by atoms with E-state index in [-0.39, 0.29) is 0 Å². The van der Waals surface area contributed by atoms with Crippen LogP contribution in [0.1, 0.15) is 51.9 Å². The van der Waals surface area contributed by atoms with Gasteiger partial charge in [0.25, 0.3) is 0 Å². The molecule has 1 aliphatic heterocycles. The zero-order valence-corrected chi connectivity index (χ0v) is 18.2. The molecule has 14 heteroatoms. The number of hydrogen-bond acceptors (Lipinski definition) is 3. The Balaban J connectivity index is 0.000000604. The lowest BCUT2D eigenvalue weighted by atomic mass is 10.0. The largest absolute Gasteiger partial charge is 0.460 e. The van der Waals surface area contributed by atoms with Gasteiger partial charge in [0, 0.05) is 13.6 Å². The summed E-state index contributed by atoms with van der Waals surface area (Å²) in [6.07, 6.45) is 9.14. The van der Waals surface area contributed by atoms with E-state index in [1.165, 1.54) is 44.9 Å². The van der Waals surface area contributed by atoms with Gasteiger partial charge in [-0.1, -0.05) is 50.7 Å². The molecule has 0 saturated carbocycles. The Kier molecular flexibility index (Phi) is 11.1. The molecule has 32 heavy (non-hydrogen) atoms. The molecule has 0 aromatic heterocycles. The van der Waals surface area contributed by atoms with Crippen LogP contribution < -0.4 is 0 Å².